The molecular formula is C16H14N6O. The lowest BCUT2D eigenvalue weighted by molar-refractivity contribution is -0.129. The van der Waals surface area contributed by atoms with Crippen molar-refractivity contribution in [3.8, 4) is 6.07 Å². The smallest absolute Gasteiger partial charge is 0.236 e. The molecule has 3 aromatic heterocycles. The molecule has 0 radical (unpaired) electrons. The van der Waals surface area contributed by atoms with Crippen LogP contribution in [-0.4, -0.2) is 44.1 Å². The number of rotatable bonds is 2. The molecule has 1 aliphatic rings. The minimum Gasteiger partial charge on any atom is -0.346 e. The van der Waals surface area contributed by atoms with Gasteiger partial charge in [-0.05, 0) is 12.5 Å². The Labute approximate surface area is 131 Å². The van der Waals surface area contributed by atoms with E-state index in [-0.39, 0.29) is 18.2 Å². The van der Waals surface area contributed by atoms with E-state index in [9.17, 15) is 4.79 Å². The SMILES string of the molecule is N#CCC(=O)N1CCC(c2nncc3cnc4[nH]ccc4c23)C1. The zero-order valence-corrected chi connectivity index (χ0v) is 12.4. The highest BCUT2D eigenvalue weighted by Gasteiger charge is 2.29. The lowest BCUT2D eigenvalue weighted by atomic mass is 9.98. The highest BCUT2D eigenvalue weighted by atomic mass is 16.2. The number of amides is 1. The van der Waals surface area contributed by atoms with Gasteiger partial charge in [-0.25, -0.2) is 4.98 Å². The number of nitriles is 1. The maximum absolute atomic E-state index is 11.9. The number of fused-ring (bicyclic) bond motifs is 3. The van der Waals surface area contributed by atoms with Gasteiger partial charge < -0.3 is 9.88 Å². The van der Waals surface area contributed by atoms with Crippen molar-refractivity contribution >= 4 is 27.7 Å². The van der Waals surface area contributed by atoms with Crippen LogP contribution in [0.2, 0.25) is 0 Å². The van der Waals surface area contributed by atoms with Crippen LogP contribution < -0.4 is 0 Å². The molecule has 23 heavy (non-hydrogen) atoms. The van der Waals surface area contributed by atoms with Crippen LogP contribution in [0.1, 0.15) is 24.5 Å². The van der Waals surface area contributed by atoms with E-state index in [0.29, 0.717) is 13.1 Å². The van der Waals surface area contributed by atoms with Gasteiger partial charge >= 0.3 is 0 Å². The first-order chi connectivity index (χ1) is 11.3. The predicted molar refractivity (Wildman–Crippen MR) is 83.4 cm³/mol. The van der Waals surface area contributed by atoms with Crippen molar-refractivity contribution in [2.24, 2.45) is 0 Å². The summed E-state index contributed by atoms with van der Waals surface area (Å²) in [5.41, 5.74) is 1.73. The van der Waals surface area contributed by atoms with Crippen molar-refractivity contribution in [2.45, 2.75) is 18.8 Å². The van der Waals surface area contributed by atoms with E-state index in [1.807, 2.05) is 18.3 Å². The normalized spacial score (nSPS) is 17.7. The number of carbonyl (C=O) groups excluding carboxylic acids is 1. The van der Waals surface area contributed by atoms with E-state index >= 15 is 0 Å². The Morgan fingerprint density at radius 3 is 3.26 bits per heavy atom. The molecule has 1 fully saturated rings. The molecule has 0 bridgehead atoms. The number of H-pyrrole nitrogens is 1. The van der Waals surface area contributed by atoms with Crippen LogP contribution in [0.25, 0.3) is 21.8 Å². The van der Waals surface area contributed by atoms with E-state index in [0.717, 1.165) is 33.9 Å². The average Bonchev–Trinajstić information content (AvgIpc) is 3.23. The van der Waals surface area contributed by atoms with Crippen LogP contribution >= 0.6 is 0 Å². The third-order valence-electron chi connectivity index (χ3n) is 4.39. The molecule has 1 atom stereocenters. The first-order valence-corrected chi connectivity index (χ1v) is 7.50. The van der Waals surface area contributed by atoms with E-state index in [4.69, 9.17) is 5.26 Å². The fourth-order valence-corrected chi connectivity index (χ4v) is 3.29. The zero-order valence-electron chi connectivity index (χ0n) is 12.4. The minimum atomic E-state index is -0.114. The number of hydrogen-bond acceptors (Lipinski definition) is 5. The second kappa shape index (κ2) is 5.32. The Balaban J connectivity index is 1.76. The molecule has 1 unspecified atom stereocenters. The fourth-order valence-electron chi connectivity index (χ4n) is 3.29. The molecular weight excluding hydrogens is 292 g/mol. The standard InChI is InChI=1S/C16H14N6O/c17-4-1-13(23)22-6-3-10(9-22)15-14-11(8-20-21-15)7-19-16-12(14)2-5-18-16/h2,5,7-8,10H,1,3,6,9H2,(H,18,19). The zero-order chi connectivity index (χ0) is 15.8. The predicted octanol–water partition coefficient (Wildman–Crippen LogP) is 1.74. The van der Waals surface area contributed by atoms with Gasteiger partial charge in [0.2, 0.25) is 5.91 Å². The molecule has 114 valence electrons. The number of nitrogens with one attached hydrogen (secondary N) is 1. The van der Waals surface area contributed by atoms with Crippen LogP contribution in [0.4, 0.5) is 0 Å². The second-order valence-electron chi connectivity index (χ2n) is 5.72. The number of aromatic amines is 1. The Morgan fingerprint density at radius 1 is 1.48 bits per heavy atom. The third kappa shape index (κ3) is 2.19. The van der Waals surface area contributed by atoms with E-state index in [1.165, 1.54) is 0 Å². The number of hydrogen-bond donors (Lipinski definition) is 1. The van der Waals surface area contributed by atoms with Crippen molar-refractivity contribution in [2.75, 3.05) is 13.1 Å². The summed E-state index contributed by atoms with van der Waals surface area (Å²) in [6.45, 7) is 1.24. The first-order valence-electron chi connectivity index (χ1n) is 7.50. The first kappa shape index (κ1) is 13.6. The fraction of sp³-hybridized carbons (Fsp3) is 0.312. The van der Waals surface area contributed by atoms with Gasteiger partial charge in [-0.1, -0.05) is 0 Å². The summed E-state index contributed by atoms with van der Waals surface area (Å²) in [6, 6.07) is 3.91. The van der Waals surface area contributed by atoms with Crippen LogP contribution in [0.5, 0.6) is 0 Å². The Bertz CT molecular complexity index is 941. The van der Waals surface area contributed by atoms with E-state index in [2.05, 4.69) is 20.2 Å². The van der Waals surface area contributed by atoms with Crippen molar-refractivity contribution in [1.82, 2.24) is 25.1 Å². The third-order valence-corrected chi connectivity index (χ3v) is 4.39. The Hall–Kier alpha value is -3.01. The van der Waals surface area contributed by atoms with Crippen LogP contribution in [-0.2, 0) is 4.79 Å². The molecule has 0 spiro atoms. The molecule has 1 aliphatic heterocycles. The molecule has 0 saturated carbocycles. The number of pyridine rings is 1. The number of likely N-dealkylation sites (tertiary alicyclic amines) is 1. The van der Waals surface area contributed by atoms with Gasteiger partial charge in [-0.3, -0.25) is 4.79 Å². The molecule has 7 nitrogen and oxygen atoms in total. The van der Waals surface area contributed by atoms with Gasteiger partial charge in [0.1, 0.15) is 12.1 Å². The van der Waals surface area contributed by atoms with Gasteiger partial charge in [-0.2, -0.15) is 15.5 Å². The lowest BCUT2D eigenvalue weighted by Gasteiger charge is -2.15. The van der Waals surface area contributed by atoms with Crippen molar-refractivity contribution in [3.05, 3.63) is 30.4 Å². The summed E-state index contributed by atoms with van der Waals surface area (Å²) in [5, 5.41) is 20.2. The van der Waals surface area contributed by atoms with Crippen molar-refractivity contribution < 1.29 is 4.79 Å². The monoisotopic (exact) mass is 306 g/mol. The molecule has 1 saturated heterocycles. The molecule has 4 rings (SSSR count). The second-order valence-corrected chi connectivity index (χ2v) is 5.72. The summed E-state index contributed by atoms with van der Waals surface area (Å²) in [7, 11) is 0. The van der Waals surface area contributed by atoms with Crippen molar-refractivity contribution in [3.63, 3.8) is 0 Å². The summed E-state index contributed by atoms with van der Waals surface area (Å²) in [6.07, 6.45) is 6.13. The van der Waals surface area contributed by atoms with E-state index in [1.54, 1.807) is 17.3 Å². The number of aromatic nitrogens is 4. The molecule has 0 aliphatic carbocycles. The van der Waals surface area contributed by atoms with Gasteiger partial charge in [0.25, 0.3) is 0 Å². The average molecular weight is 306 g/mol. The molecule has 1 amide bonds. The van der Waals surface area contributed by atoms with Gasteiger partial charge in [0, 0.05) is 47.6 Å². The van der Waals surface area contributed by atoms with Crippen LogP contribution in [0.3, 0.4) is 0 Å². The molecule has 7 heteroatoms. The van der Waals surface area contributed by atoms with Gasteiger partial charge in [0.05, 0.1) is 18.0 Å². The summed E-state index contributed by atoms with van der Waals surface area (Å²) in [5.74, 6) is 0.0194. The molecule has 4 heterocycles. The minimum absolute atomic E-state index is 0.0695. The quantitative estimate of drug-likeness (QED) is 0.777. The summed E-state index contributed by atoms with van der Waals surface area (Å²) in [4.78, 5) is 21.1. The molecule has 1 N–H and O–H groups in total. The van der Waals surface area contributed by atoms with Gasteiger partial charge in [-0.15, -0.1) is 0 Å². The molecule has 0 aromatic carbocycles. The maximum atomic E-state index is 11.9. The summed E-state index contributed by atoms with van der Waals surface area (Å²) < 4.78 is 0. The van der Waals surface area contributed by atoms with Crippen LogP contribution in [0, 0.1) is 11.3 Å². The van der Waals surface area contributed by atoms with Gasteiger partial charge in [0.15, 0.2) is 0 Å². The molecule has 3 aromatic rings. The Kier molecular flexibility index (Phi) is 3.15. The maximum Gasteiger partial charge on any atom is 0.236 e. The lowest BCUT2D eigenvalue weighted by Crippen LogP contribution is -2.27. The number of carbonyl (C=O) groups is 1. The Morgan fingerprint density at radius 2 is 2.39 bits per heavy atom. The highest BCUT2D eigenvalue weighted by Crippen LogP contribution is 2.33. The topological polar surface area (TPSA) is 98.6 Å². The van der Waals surface area contributed by atoms with E-state index < -0.39 is 0 Å². The van der Waals surface area contributed by atoms with Crippen LogP contribution in [0.15, 0.2) is 24.7 Å². The number of nitrogens with zero attached hydrogens (tertiary/aromatic N) is 5. The van der Waals surface area contributed by atoms with Crippen molar-refractivity contribution in [1.29, 1.82) is 5.26 Å². The summed E-state index contributed by atoms with van der Waals surface area (Å²) >= 11 is 0. The largest absolute Gasteiger partial charge is 0.346 e. The highest BCUT2D eigenvalue weighted by molar-refractivity contribution is 6.05.